The second-order valence-corrected chi connectivity index (χ2v) is 6.19. The van der Waals surface area contributed by atoms with Gasteiger partial charge in [-0.3, -0.25) is 9.79 Å². The van der Waals surface area contributed by atoms with E-state index in [0.29, 0.717) is 6.42 Å². The average molecular weight is 340 g/mol. The maximum Gasteiger partial charge on any atom is 0.524 e. The van der Waals surface area contributed by atoms with E-state index in [4.69, 9.17) is 9.79 Å². The Balaban J connectivity index is 2.14. The van der Waals surface area contributed by atoms with Crippen LogP contribution in [0, 0.1) is 0 Å². The molecule has 5 N–H and O–H groups in total. The summed E-state index contributed by atoms with van der Waals surface area (Å²) in [6.45, 7) is 0. The van der Waals surface area contributed by atoms with Gasteiger partial charge in [0.1, 0.15) is 17.2 Å². The number of rotatable bonds is 6. The number of aliphatic hydroxyl groups is 1. The fraction of sp³-hybridized carbons (Fsp3) is 0.200. The molecule has 0 bridgehead atoms. The van der Waals surface area contributed by atoms with E-state index in [0.717, 1.165) is 5.56 Å². The van der Waals surface area contributed by atoms with Crippen molar-refractivity contribution in [1.29, 1.82) is 0 Å². The standard InChI is InChI=1S/C15H17O7P/c16-11-4-1-10(2-5-11)3-7-14(18)13-9-12(17)6-8-15(13)22-23(19,20)21/h1-2,4-6,8-9,14,16-18H,3,7H2,(H2,19,20,21). The van der Waals surface area contributed by atoms with Crippen molar-refractivity contribution in [2.75, 3.05) is 0 Å². The second kappa shape index (κ2) is 7.02. The molecule has 0 radical (unpaired) electrons. The van der Waals surface area contributed by atoms with Gasteiger partial charge >= 0.3 is 7.82 Å². The Labute approximate surface area is 132 Å². The summed E-state index contributed by atoms with van der Waals surface area (Å²) in [5.41, 5.74) is 0.964. The van der Waals surface area contributed by atoms with Gasteiger partial charge in [-0.2, -0.15) is 0 Å². The van der Waals surface area contributed by atoms with E-state index in [-0.39, 0.29) is 29.2 Å². The third-order valence-electron chi connectivity index (χ3n) is 3.21. The van der Waals surface area contributed by atoms with Gasteiger partial charge in [0.05, 0.1) is 6.10 Å². The van der Waals surface area contributed by atoms with Crippen LogP contribution in [-0.2, 0) is 11.0 Å². The van der Waals surface area contributed by atoms with Gasteiger partial charge in [-0.1, -0.05) is 12.1 Å². The quantitative estimate of drug-likeness (QED) is 0.510. The van der Waals surface area contributed by atoms with Crippen LogP contribution in [-0.4, -0.2) is 25.1 Å². The molecule has 2 aromatic rings. The van der Waals surface area contributed by atoms with E-state index in [1.54, 1.807) is 12.1 Å². The van der Waals surface area contributed by atoms with E-state index in [1.165, 1.54) is 30.3 Å². The molecule has 0 aliphatic carbocycles. The first-order valence-electron chi connectivity index (χ1n) is 6.78. The van der Waals surface area contributed by atoms with Crippen LogP contribution in [0.25, 0.3) is 0 Å². The summed E-state index contributed by atoms with van der Waals surface area (Å²) in [5, 5.41) is 29.0. The molecule has 0 saturated heterocycles. The number of phenolic OH excluding ortho intramolecular Hbond substituents is 2. The highest BCUT2D eigenvalue weighted by molar-refractivity contribution is 7.46. The number of benzene rings is 2. The lowest BCUT2D eigenvalue weighted by Gasteiger charge is -2.17. The Hall–Kier alpha value is -2.05. The van der Waals surface area contributed by atoms with E-state index < -0.39 is 13.9 Å². The van der Waals surface area contributed by atoms with Gasteiger partial charge in [0.2, 0.25) is 0 Å². The Morgan fingerprint density at radius 2 is 1.61 bits per heavy atom. The summed E-state index contributed by atoms with van der Waals surface area (Å²) >= 11 is 0. The third-order valence-corrected chi connectivity index (χ3v) is 3.65. The first kappa shape index (κ1) is 17.3. The molecule has 0 aliphatic rings. The van der Waals surface area contributed by atoms with Crippen LogP contribution in [0.2, 0.25) is 0 Å². The molecule has 2 rings (SSSR count). The first-order valence-corrected chi connectivity index (χ1v) is 8.31. The lowest BCUT2D eigenvalue weighted by Crippen LogP contribution is -2.03. The normalized spacial score (nSPS) is 12.8. The summed E-state index contributed by atoms with van der Waals surface area (Å²) in [7, 11) is -4.77. The summed E-state index contributed by atoms with van der Waals surface area (Å²) in [4.78, 5) is 17.8. The van der Waals surface area contributed by atoms with E-state index in [2.05, 4.69) is 4.52 Å². The molecule has 0 saturated carbocycles. The molecule has 124 valence electrons. The lowest BCUT2D eigenvalue weighted by molar-refractivity contribution is 0.164. The maximum atomic E-state index is 11.0. The Kier molecular flexibility index (Phi) is 5.28. The van der Waals surface area contributed by atoms with Gasteiger partial charge in [0.15, 0.2) is 0 Å². The molecule has 8 heteroatoms. The minimum atomic E-state index is -4.77. The van der Waals surface area contributed by atoms with E-state index in [1.807, 2.05) is 0 Å². The number of hydrogen-bond donors (Lipinski definition) is 5. The van der Waals surface area contributed by atoms with Gasteiger partial charge in [-0.05, 0) is 48.7 Å². The SMILES string of the molecule is O=P(O)(O)Oc1ccc(O)cc1C(O)CCc1ccc(O)cc1. The Morgan fingerprint density at radius 3 is 2.22 bits per heavy atom. The zero-order valence-electron chi connectivity index (χ0n) is 12.0. The largest absolute Gasteiger partial charge is 0.524 e. The maximum absolute atomic E-state index is 11.0. The zero-order valence-corrected chi connectivity index (χ0v) is 12.9. The molecule has 0 heterocycles. The first-order chi connectivity index (χ1) is 10.7. The number of aliphatic hydroxyl groups excluding tert-OH is 1. The monoisotopic (exact) mass is 340 g/mol. The van der Waals surface area contributed by atoms with E-state index >= 15 is 0 Å². The molecule has 1 unspecified atom stereocenters. The molecule has 1 atom stereocenters. The van der Waals surface area contributed by atoms with Gasteiger partial charge < -0.3 is 19.8 Å². The lowest BCUT2D eigenvalue weighted by atomic mass is 10.0. The van der Waals surface area contributed by atoms with Crippen molar-refractivity contribution in [1.82, 2.24) is 0 Å². The van der Waals surface area contributed by atoms with E-state index in [9.17, 15) is 19.9 Å². The molecule has 0 spiro atoms. The number of aryl methyl sites for hydroxylation is 1. The fourth-order valence-corrected chi connectivity index (χ4v) is 2.55. The topological polar surface area (TPSA) is 127 Å². The Morgan fingerprint density at radius 1 is 1.00 bits per heavy atom. The molecule has 0 fully saturated rings. The zero-order chi connectivity index (χ0) is 17.0. The molecule has 0 aromatic heterocycles. The van der Waals surface area contributed by atoms with Crippen molar-refractivity contribution in [2.24, 2.45) is 0 Å². The molecule has 7 nitrogen and oxygen atoms in total. The summed E-state index contributed by atoms with van der Waals surface area (Å²) < 4.78 is 15.5. The molecule has 0 aliphatic heterocycles. The fourth-order valence-electron chi connectivity index (χ4n) is 2.13. The molecular formula is C15H17O7P. The third kappa shape index (κ3) is 5.26. The van der Waals surface area contributed by atoms with Crippen molar-refractivity contribution in [3.05, 3.63) is 53.6 Å². The van der Waals surface area contributed by atoms with Crippen LogP contribution >= 0.6 is 7.82 Å². The van der Waals surface area contributed by atoms with Crippen molar-refractivity contribution < 1.29 is 34.2 Å². The van der Waals surface area contributed by atoms with Crippen LogP contribution in [0.3, 0.4) is 0 Å². The highest BCUT2D eigenvalue weighted by Gasteiger charge is 2.22. The number of hydrogen-bond acceptors (Lipinski definition) is 5. The molecule has 0 amide bonds. The molecule has 2 aromatic carbocycles. The predicted molar refractivity (Wildman–Crippen MR) is 82.2 cm³/mol. The number of phenols is 2. The van der Waals surface area contributed by atoms with Crippen molar-refractivity contribution in [2.45, 2.75) is 18.9 Å². The van der Waals surface area contributed by atoms with Crippen LogP contribution < -0.4 is 4.52 Å². The van der Waals surface area contributed by atoms with Crippen LogP contribution in [0.4, 0.5) is 0 Å². The van der Waals surface area contributed by atoms with Gasteiger partial charge in [-0.15, -0.1) is 0 Å². The van der Waals surface area contributed by atoms with Crippen LogP contribution in [0.15, 0.2) is 42.5 Å². The molecule has 23 heavy (non-hydrogen) atoms. The number of phosphoric ester groups is 1. The second-order valence-electron chi connectivity index (χ2n) is 5.02. The van der Waals surface area contributed by atoms with Gasteiger partial charge in [0.25, 0.3) is 0 Å². The van der Waals surface area contributed by atoms with Gasteiger partial charge in [-0.25, -0.2) is 4.57 Å². The van der Waals surface area contributed by atoms with Crippen molar-refractivity contribution in [3.63, 3.8) is 0 Å². The average Bonchev–Trinajstić information content (AvgIpc) is 2.47. The van der Waals surface area contributed by atoms with Crippen molar-refractivity contribution >= 4 is 7.82 Å². The van der Waals surface area contributed by atoms with Gasteiger partial charge in [0, 0.05) is 5.56 Å². The number of aromatic hydroxyl groups is 2. The highest BCUT2D eigenvalue weighted by Crippen LogP contribution is 2.42. The Bertz CT molecular complexity index is 708. The minimum absolute atomic E-state index is 0.0899. The van der Waals surface area contributed by atoms with Crippen LogP contribution in [0.1, 0.15) is 23.7 Å². The van der Waals surface area contributed by atoms with Crippen LogP contribution in [0.5, 0.6) is 17.2 Å². The summed E-state index contributed by atoms with van der Waals surface area (Å²) in [6.07, 6.45) is -0.379. The molecular weight excluding hydrogens is 323 g/mol. The number of phosphoric acid groups is 1. The summed E-state index contributed by atoms with van der Waals surface area (Å²) in [5.74, 6) is -0.198. The van der Waals surface area contributed by atoms with Crippen molar-refractivity contribution in [3.8, 4) is 17.2 Å². The highest BCUT2D eigenvalue weighted by atomic mass is 31.2. The predicted octanol–water partition coefficient (Wildman–Crippen LogP) is 2.24. The minimum Gasteiger partial charge on any atom is -0.508 e. The summed E-state index contributed by atoms with van der Waals surface area (Å²) in [6, 6.07) is 10.1. The smallest absolute Gasteiger partial charge is 0.508 e.